The van der Waals surface area contributed by atoms with Gasteiger partial charge in [-0.2, -0.15) is 0 Å². The summed E-state index contributed by atoms with van der Waals surface area (Å²) in [4.78, 5) is 10.5. The minimum atomic E-state index is -0.193. The van der Waals surface area contributed by atoms with E-state index in [1.165, 1.54) is 0 Å². The lowest BCUT2D eigenvalue weighted by Crippen LogP contribution is -2.20. The fraction of sp³-hybridized carbons (Fsp3) is 0.889. The third kappa shape index (κ3) is 4.82. The molecule has 0 fully saturated rings. The molecular weight excluding hydrogens is 138 g/mol. The highest BCUT2D eigenvalue weighted by atomic mass is 16.1. The van der Waals surface area contributed by atoms with Gasteiger partial charge < -0.3 is 5.73 Å². The van der Waals surface area contributed by atoms with Crippen LogP contribution in [0.1, 0.15) is 40.5 Å². The van der Waals surface area contributed by atoms with E-state index in [9.17, 15) is 4.79 Å². The van der Waals surface area contributed by atoms with Gasteiger partial charge in [-0.15, -0.1) is 0 Å². The number of carbonyl (C=O) groups excluding carboxylic acids is 1. The van der Waals surface area contributed by atoms with Gasteiger partial charge in [-0.25, -0.2) is 0 Å². The number of hydrogen-bond donors (Lipinski definition) is 1. The van der Waals surface area contributed by atoms with Crippen LogP contribution in [0.5, 0.6) is 0 Å². The highest BCUT2D eigenvalue weighted by Crippen LogP contribution is 2.28. The van der Waals surface area contributed by atoms with Crippen molar-refractivity contribution in [1.82, 2.24) is 0 Å². The molecule has 0 heterocycles. The third-order valence-electron chi connectivity index (χ3n) is 2.30. The summed E-state index contributed by atoms with van der Waals surface area (Å²) in [5, 5.41) is 0. The summed E-state index contributed by atoms with van der Waals surface area (Å²) >= 11 is 0. The van der Waals surface area contributed by atoms with Crippen molar-refractivity contribution in [3.63, 3.8) is 0 Å². The van der Waals surface area contributed by atoms with E-state index < -0.39 is 0 Å². The first kappa shape index (κ1) is 10.5. The molecule has 1 unspecified atom stereocenters. The molecule has 0 aliphatic carbocycles. The van der Waals surface area contributed by atoms with E-state index in [1.54, 1.807) is 0 Å². The molecule has 0 aromatic carbocycles. The molecule has 0 saturated carbocycles. The topological polar surface area (TPSA) is 43.1 Å². The first-order chi connectivity index (χ1) is 4.84. The molecule has 2 heteroatoms. The Morgan fingerprint density at radius 2 is 1.91 bits per heavy atom. The van der Waals surface area contributed by atoms with Gasteiger partial charge >= 0.3 is 0 Å². The van der Waals surface area contributed by atoms with E-state index in [0.29, 0.717) is 12.3 Å². The predicted octanol–water partition coefficient (Wildman–Crippen LogP) is 1.93. The zero-order chi connectivity index (χ0) is 9.07. The summed E-state index contributed by atoms with van der Waals surface area (Å²) in [7, 11) is 0. The van der Waals surface area contributed by atoms with Crippen molar-refractivity contribution in [1.29, 1.82) is 0 Å². The van der Waals surface area contributed by atoms with Gasteiger partial charge in [0, 0.05) is 6.42 Å². The number of primary amides is 1. The molecule has 2 N–H and O–H groups in total. The molecule has 66 valence electrons. The van der Waals surface area contributed by atoms with Crippen LogP contribution in [0.2, 0.25) is 0 Å². The SMILES string of the molecule is CC(CCC(N)=O)C(C)(C)C. The maximum atomic E-state index is 10.5. The lowest BCUT2D eigenvalue weighted by atomic mass is 9.79. The summed E-state index contributed by atoms with van der Waals surface area (Å²) < 4.78 is 0. The van der Waals surface area contributed by atoms with Crippen molar-refractivity contribution >= 4 is 5.91 Å². The Labute approximate surface area is 69.2 Å². The summed E-state index contributed by atoms with van der Waals surface area (Å²) in [5.74, 6) is 0.357. The van der Waals surface area contributed by atoms with Crippen LogP contribution in [0.3, 0.4) is 0 Å². The van der Waals surface area contributed by atoms with Gasteiger partial charge in [-0.1, -0.05) is 27.7 Å². The molecule has 0 rings (SSSR count). The molecule has 0 radical (unpaired) electrons. The summed E-state index contributed by atoms with van der Waals surface area (Å²) in [6, 6.07) is 0. The van der Waals surface area contributed by atoms with Crippen LogP contribution in [0, 0.1) is 11.3 Å². The molecule has 0 aliphatic rings. The molecule has 0 spiro atoms. The van der Waals surface area contributed by atoms with Gasteiger partial charge in [-0.05, 0) is 17.8 Å². The zero-order valence-electron chi connectivity index (χ0n) is 7.98. The Hall–Kier alpha value is -0.530. The van der Waals surface area contributed by atoms with E-state index in [1.807, 2.05) is 0 Å². The average Bonchev–Trinajstić information content (AvgIpc) is 1.80. The predicted molar refractivity (Wildman–Crippen MR) is 47.0 cm³/mol. The maximum absolute atomic E-state index is 10.5. The van der Waals surface area contributed by atoms with E-state index in [0.717, 1.165) is 6.42 Å². The van der Waals surface area contributed by atoms with Gasteiger partial charge in [0.2, 0.25) is 5.91 Å². The molecule has 0 aliphatic heterocycles. The highest BCUT2D eigenvalue weighted by Gasteiger charge is 2.19. The fourth-order valence-corrected chi connectivity index (χ4v) is 0.792. The lowest BCUT2D eigenvalue weighted by Gasteiger charge is -2.26. The summed E-state index contributed by atoms with van der Waals surface area (Å²) in [6.45, 7) is 8.69. The Morgan fingerprint density at radius 1 is 1.45 bits per heavy atom. The van der Waals surface area contributed by atoms with Gasteiger partial charge in [0.25, 0.3) is 0 Å². The van der Waals surface area contributed by atoms with Crippen LogP contribution < -0.4 is 5.73 Å². The smallest absolute Gasteiger partial charge is 0.217 e. The molecule has 0 bridgehead atoms. The van der Waals surface area contributed by atoms with Gasteiger partial charge in [0.05, 0.1) is 0 Å². The van der Waals surface area contributed by atoms with Crippen LogP contribution in [-0.4, -0.2) is 5.91 Å². The number of hydrogen-bond acceptors (Lipinski definition) is 1. The molecule has 0 aromatic heterocycles. The maximum Gasteiger partial charge on any atom is 0.217 e. The van der Waals surface area contributed by atoms with Crippen LogP contribution in [0.4, 0.5) is 0 Å². The minimum Gasteiger partial charge on any atom is -0.370 e. The lowest BCUT2D eigenvalue weighted by molar-refractivity contribution is -0.118. The first-order valence-electron chi connectivity index (χ1n) is 4.12. The number of nitrogens with two attached hydrogens (primary N) is 1. The second-order valence-electron chi connectivity index (χ2n) is 4.27. The molecule has 1 amide bonds. The van der Waals surface area contributed by atoms with Crippen molar-refractivity contribution in [3.8, 4) is 0 Å². The molecule has 0 saturated heterocycles. The molecule has 0 aromatic rings. The number of rotatable bonds is 3. The van der Waals surface area contributed by atoms with E-state index in [4.69, 9.17) is 5.73 Å². The highest BCUT2D eigenvalue weighted by molar-refractivity contribution is 5.73. The second-order valence-corrected chi connectivity index (χ2v) is 4.27. The fourth-order valence-electron chi connectivity index (χ4n) is 0.792. The second kappa shape index (κ2) is 3.74. The molecular formula is C9H19NO. The first-order valence-corrected chi connectivity index (χ1v) is 4.12. The van der Waals surface area contributed by atoms with Crippen molar-refractivity contribution in [2.45, 2.75) is 40.5 Å². The van der Waals surface area contributed by atoms with Crippen LogP contribution in [0.25, 0.3) is 0 Å². The monoisotopic (exact) mass is 157 g/mol. The van der Waals surface area contributed by atoms with E-state index >= 15 is 0 Å². The van der Waals surface area contributed by atoms with Crippen LogP contribution in [0.15, 0.2) is 0 Å². The van der Waals surface area contributed by atoms with Crippen molar-refractivity contribution < 1.29 is 4.79 Å². The Balaban J connectivity index is 3.70. The summed E-state index contributed by atoms with van der Waals surface area (Å²) in [5.41, 5.74) is 5.33. The van der Waals surface area contributed by atoms with Gasteiger partial charge in [-0.3, -0.25) is 4.79 Å². The number of carbonyl (C=O) groups is 1. The van der Waals surface area contributed by atoms with Crippen molar-refractivity contribution in [2.24, 2.45) is 17.1 Å². The Kier molecular flexibility index (Phi) is 3.56. The van der Waals surface area contributed by atoms with Gasteiger partial charge in [0.15, 0.2) is 0 Å². The largest absolute Gasteiger partial charge is 0.370 e. The Bertz CT molecular complexity index is 135. The molecule has 11 heavy (non-hydrogen) atoms. The molecule has 2 nitrogen and oxygen atoms in total. The normalized spacial score (nSPS) is 14.5. The minimum absolute atomic E-state index is 0.193. The Morgan fingerprint density at radius 3 is 2.18 bits per heavy atom. The van der Waals surface area contributed by atoms with E-state index in [-0.39, 0.29) is 11.3 Å². The number of amides is 1. The average molecular weight is 157 g/mol. The molecule has 1 atom stereocenters. The zero-order valence-corrected chi connectivity index (χ0v) is 7.98. The summed E-state index contributed by atoms with van der Waals surface area (Å²) in [6.07, 6.45) is 1.41. The van der Waals surface area contributed by atoms with Crippen LogP contribution in [-0.2, 0) is 4.79 Å². The van der Waals surface area contributed by atoms with Gasteiger partial charge in [0.1, 0.15) is 0 Å². The van der Waals surface area contributed by atoms with Crippen molar-refractivity contribution in [2.75, 3.05) is 0 Å². The third-order valence-corrected chi connectivity index (χ3v) is 2.30. The standard InChI is InChI=1S/C9H19NO/c1-7(9(2,3)4)5-6-8(10)11/h7H,5-6H2,1-4H3,(H2,10,11). The van der Waals surface area contributed by atoms with Crippen molar-refractivity contribution in [3.05, 3.63) is 0 Å². The quantitative estimate of drug-likeness (QED) is 0.668. The van der Waals surface area contributed by atoms with Crippen LogP contribution >= 0.6 is 0 Å². The van der Waals surface area contributed by atoms with E-state index in [2.05, 4.69) is 27.7 Å².